The summed E-state index contributed by atoms with van der Waals surface area (Å²) in [7, 11) is 0. The SMILES string of the molecule is N#Cc1csc(CNc2ccc(F)c(Br)c2)c1. The lowest BCUT2D eigenvalue weighted by atomic mass is 10.3. The Bertz CT molecular complexity index is 574. The van der Waals surface area contributed by atoms with Gasteiger partial charge in [0.25, 0.3) is 0 Å². The number of hydrogen-bond acceptors (Lipinski definition) is 3. The first-order chi connectivity index (χ1) is 8.19. The fourth-order valence-corrected chi connectivity index (χ4v) is 2.46. The monoisotopic (exact) mass is 310 g/mol. The van der Waals surface area contributed by atoms with E-state index in [1.54, 1.807) is 12.1 Å². The Morgan fingerprint density at radius 1 is 1.41 bits per heavy atom. The molecule has 0 fully saturated rings. The molecule has 17 heavy (non-hydrogen) atoms. The highest BCUT2D eigenvalue weighted by atomic mass is 79.9. The number of anilines is 1. The highest BCUT2D eigenvalue weighted by Gasteiger charge is 2.02. The summed E-state index contributed by atoms with van der Waals surface area (Å²) < 4.78 is 13.4. The van der Waals surface area contributed by atoms with E-state index in [9.17, 15) is 4.39 Å². The predicted octanol–water partition coefficient (Wildman–Crippen LogP) is 4.13. The van der Waals surface area contributed by atoms with Gasteiger partial charge in [-0.2, -0.15) is 5.26 Å². The van der Waals surface area contributed by atoms with Gasteiger partial charge in [0.2, 0.25) is 0 Å². The van der Waals surface area contributed by atoms with Crippen LogP contribution in [0.25, 0.3) is 0 Å². The summed E-state index contributed by atoms with van der Waals surface area (Å²) in [4.78, 5) is 1.07. The summed E-state index contributed by atoms with van der Waals surface area (Å²) in [5.41, 5.74) is 1.51. The quantitative estimate of drug-likeness (QED) is 0.925. The molecule has 1 aromatic heterocycles. The minimum atomic E-state index is -0.279. The normalized spacial score (nSPS) is 9.94. The van der Waals surface area contributed by atoms with Crippen molar-refractivity contribution in [2.24, 2.45) is 0 Å². The van der Waals surface area contributed by atoms with E-state index >= 15 is 0 Å². The Morgan fingerprint density at radius 3 is 2.88 bits per heavy atom. The summed E-state index contributed by atoms with van der Waals surface area (Å²) in [6.07, 6.45) is 0. The minimum absolute atomic E-state index is 0.279. The minimum Gasteiger partial charge on any atom is -0.380 e. The standard InChI is InChI=1S/C12H8BrFN2S/c13-11-4-9(1-2-12(11)14)16-6-10-3-8(5-15)7-17-10/h1-4,7,16H,6H2. The molecule has 2 aromatic rings. The maximum atomic E-state index is 13.0. The van der Waals surface area contributed by atoms with E-state index in [0.29, 0.717) is 16.6 Å². The fraction of sp³-hybridized carbons (Fsp3) is 0.0833. The molecule has 1 N–H and O–H groups in total. The van der Waals surface area contributed by atoms with Gasteiger partial charge in [0, 0.05) is 22.5 Å². The maximum absolute atomic E-state index is 13.0. The maximum Gasteiger partial charge on any atom is 0.137 e. The third-order valence-electron chi connectivity index (χ3n) is 2.17. The number of nitriles is 1. The highest BCUT2D eigenvalue weighted by Crippen LogP contribution is 2.21. The number of hydrogen-bond donors (Lipinski definition) is 1. The first-order valence-corrected chi connectivity index (χ1v) is 6.53. The van der Waals surface area contributed by atoms with Crippen molar-refractivity contribution in [1.82, 2.24) is 0 Å². The molecule has 5 heteroatoms. The van der Waals surface area contributed by atoms with Crippen molar-refractivity contribution in [3.8, 4) is 6.07 Å². The molecule has 0 unspecified atom stereocenters. The molecule has 1 aromatic carbocycles. The Morgan fingerprint density at radius 2 is 2.24 bits per heavy atom. The molecule has 0 aliphatic carbocycles. The number of nitrogens with one attached hydrogen (secondary N) is 1. The molecular weight excluding hydrogens is 303 g/mol. The van der Waals surface area contributed by atoms with Gasteiger partial charge in [-0.1, -0.05) is 0 Å². The molecule has 2 nitrogen and oxygen atoms in total. The van der Waals surface area contributed by atoms with Crippen LogP contribution in [0.1, 0.15) is 10.4 Å². The summed E-state index contributed by atoms with van der Waals surface area (Å²) in [5, 5.41) is 13.7. The van der Waals surface area contributed by atoms with Crippen LogP contribution in [0.15, 0.2) is 34.1 Å². The molecule has 0 atom stereocenters. The van der Waals surface area contributed by atoms with Crippen LogP contribution in [0.3, 0.4) is 0 Å². The van der Waals surface area contributed by atoms with Crippen molar-refractivity contribution in [1.29, 1.82) is 5.26 Å². The van der Waals surface area contributed by atoms with E-state index < -0.39 is 0 Å². The molecule has 2 rings (SSSR count). The smallest absolute Gasteiger partial charge is 0.137 e. The van der Waals surface area contributed by atoms with Crippen LogP contribution in [0, 0.1) is 17.1 Å². The second-order valence-corrected chi connectivity index (χ2v) is 5.25. The zero-order valence-electron chi connectivity index (χ0n) is 8.71. The van der Waals surface area contributed by atoms with Crippen molar-refractivity contribution in [3.63, 3.8) is 0 Å². The van der Waals surface area contributed by atoms with Gasteiger partial charge in [0.1, 0.15) is 11.9 Å². The first-order valence-electron chi connectivity index (χ1n) is 4.85. The third kappa shape index (κ3) is 3.05. The largest absolute Gasteiger partial charge is 0.380 e. The fourth-order valence-electron chi connectivity index (χ4n) is 1.33. The number of nitrogens with zero attached hydrogens (tertiary/aromatic N) is 1. The van der Waals surface area contributed by atoms with Gasteiger partial charge in [-0.3, -0.25) is 0 Å². The average Bonchev–Trinajstić information content (AvgIpc) is 2.79. The van der Waals surface area contributed by atoms with Gasteiger partial charge in [0.05, 0.1) is 10.0 Å². The van der Waals surface area contributed by atoms with Crippen molar-refractivity contribution < 1.29 is 4.39 Å². The number of halogens is 2. The zero-order chi connectivity index (χ0) is 12.3. The molecule has 0 radical (unpaired) electrons. The van der Waals surface area contributed by atoms with Gasteiger partial charge in [-0.05, 0) is 40.2 Å². The number of rotatable bonds is 3. The van der Waals surface area contributed by atoms with Gasteiger partial charge < -0.3 is 5.32 Å². The highest BCUT2D eigenvalue weighted by molar-refractivity contribution is 9.10. The van der Waals surface area contributed by atoms with E-state index in [0.717, 1.165) is 10.6 Å². The molecule has 0 bridgehead atoms. The van der Waals surface area contributed by atoms with Gasteiger partial charge in [0.15, 0.2) is 0 Å². The van der Waals surface area contributed by atoms with E-state index in [1.165, 1.54) is 17.4 Å². The Balaban J connectivity index is 2.02. The van der Waals surface area contributed by atoms with Crippen molar-refractivity contribution in [2.75, 3.05) is 5.32 Å². The Hall–Kier alpha value is -1.38. The van der Waals surface area contributed by atoms with Crippen LogP contribution in [-0.2, 0) is 6.54 Å². The lowest BCUT2D eigenvalue weighted by Crippen LogP contribution is -1.97. The van der Waals surface area contributed by atoms with Crippen LogP contribution in [-0.4, -0.2) is 0 Å². The molecule has 1 heterocycles. The molecule has 0 aliphatic rings. The Labute approximate surface area is 111 Å². The molecule has 0 aliphatic heterocycles. The predicted molar refractivity (Wildman–Crippen MR) is 70.5 cm³/mol. The van der Waals surface area contributed by atoms with E-state index in [1.807, 2.05) is 11.4 Å². The molecule has 0 amide bonds. The van der Waals surface area contributed by atoms with Gasteiger partial charge >= 0.3 is 0 Å². The lowest BCUT2D eigenvalue weighted by Gasteiger charge is -2.05. The van der Waals surface area contributed by atoms with Gasteiger partial charge in [-0.25, -0.2) is 4.39 Å². The van der Waals surface area contributed by atoms with E-state index in [2.05, 4.69) is 27.3 Å². The van der Waals surface area contributed by atoms with Crippen molar-refractivity contribution in [3.05, 3.63) is 50.4 Å². The van der Waals surface area contributed by atoms with Crippen molar-refractivity contribution >= 4 is 33.0 Å². The van der Waals surface area contributed by atoms with Gasteiger partial charge in [-0.15, -0.1) is 11.3 Å². The molecular formula is C12H8BrFN2S. The first kappa shape index (κ1) is 12.1. The van der Waals surface area contributed by atoms with Crippen LogP contribution >= 0.6 is 27.3 Å². The lowest BCUT2D eigenvalue weighted by molar-refractivity contribution is 0.621. The Kier molecular flexibility index (Phi) is 3.77. The van der Waals surface area contributed by atoms with Crippen LogP contribution in [0.4, 0.5) is 10.1 Å². The summed E-state index contributed by atoms with van der Waals surface area (Å²) in [6, 6.07) is 8.70. The zero-order valence-corrected chi connectivity index (χ0v) is 11.1. The topological polar surface area (TPSA) is 35.8 Å². The van der Waals surface area contributed by atoms with Crippen molar-refractivity contribution in [2.45, 2.75) is 6.54 Å². The van der Waals surface area contributed by atoms with E-state index in [-0.39, 0.29) is 5.82 Å². The van der Waals surface area contributed by atoms with E-state index in [4.69, 9.17) is 5.26 Å². The summed E-state index contributed by atoms with van der Waals surface area (Å²) in [6.45, 7) is 0.629. The number of thiophene rings is 1. The summed E-state index contributed by atoms with van der Waals surface area (Å²) >= 11 is 4.66. The second-order valence-electron chi connectivity index (χ2n) is 3.40. The van der Waals surface area contributed by atoms with Crippen LogP contribution in [0.2, 0.25) is 0 Å². The average molecular weight is 311 g/mol. The molecule has 0 saturated carbocycles. The number of benzene rings is 1. The van der Waals surface area contributed by atoms with Crippen LogP contribution < -0.4 is 5.32 Å². The van der Waals surface area contributed by atoms with Crippen LogP contribution in [0.5, 0.6) is 0 Å². The third-order valence-corrected chi connectivity index (χ3v) is 3.71. The summed E-state index contributed by atoms with van der Waals surface area (Å²) in [5.74, 6) is -0.279. The second kappa shape index (κ2) is 5.30. The molecule has 0 spiro atoms. The molecule has 86 valence electrons. The molecule has 0 saturated heterocycles.